The number of benzene rings is 1. The van der Waals surface area contributed by atoms with Crippen LogP contribution in [0.25, 0.3) is 22.8 Å². The Labute approximate surface area is 194 Å². The molecule has 0 radical (unpaired) electrons. The number of carboxylic acids is 1. The molecule has 0 saturated heterocycles. The van der Waals surface area contributed by atoms with Crippen LogP contribution in [0.5, 0.6) is 11.6 Å². The molecule has 0 unspecified atom stereocenters. The number of hydrogen-bond acceptors (Lipinski definition) is 7. The SMILES string of the molecule is CC(C)Oc1ncc(-c2nc(-c3ccc(O[C@H]4CC[C@@H](C(=O)O)CC4)c(F)c3)no2)cc1Cl. The van der Waals surface area contributed by atoms with Gasteiger partial charge in [0.1, 0.15) is 5.02 Å². The fourth-order valence-corrected chi connectivity index (χ4v) is 3.86. The predicted octanol–water partition coefficient (Wildman–Crippen LogP) is 5.40. The number of rotatable bonds is 7. The Morgan fingerprint density at radius 3 is 2.61 bits per heavy atom. The summed E-state index contributed by atoms with van der Waals surface area (Å²) in [6.45, 7) is 3.74. The van der Waals surface area contributed by atoms with E-state index < -0.39 is 11.8 Å². The number of halogens is 2. The summed E-state index contributed by atoms with van der Waals surface area (Å²) in [6.07, 6.45) is 3.42. The monoisotopic (exact) mass is 475 g/mol. The van der Waals surface area contributed by atoms with Gasteiger partial charge in [0, 0.05) is 11.8 Å². The fraction of sp³-hybridized carbons (Fsp3) is 0.391. The molecular formula is C23H23ClFN3O5. The molecule has 0 spiro atoms. The van der Waals surface area contributed by atoms with Gasteiger partial charge in [-0.1, -0.05) is 16.8 Å². The summed E-state index contributed by atoms with van der Waals surface area (Å²) in [5.41, 5.74) is 0.926. The van der Waals surface area contributed by atoms with Gasteiger partial charge in [0.25, 0.3) is 5.89 Å². The lowest BCUT2D eigenvalue weighted by Crippen LogP contribution is -2.28. The van der Waals surface area contributed by atoms with Crippen LogP contribution < -0.4 is 9.47 Å². The molecule has 1 aliphatic rings. The Balaban J connectivity index is 1.45. The van der Waals surface area contributed by atoms with Crippen molar-refractivity contribution < 1.29 is 28.3 Å². The topological polar surface area (TPSA) is 108 Å². The van der Waals surface area contributed by atoms with E-state index in [4.69, 9.17) is 30.7 Å². The predicted molar refractivity (Wildman–Crippen MR) is 118 cm³/mol. The molecule has 10 heteroatoms. The van der Waals surface area contributed by atoms with E-state index in [2.05, 4.69) is 15.1 Å². The third kappa shape index (κ3) is 5.42. The Kier molecular flexibility index (Phi) is 6.78. The standard InChI is InChI=1S/C23H23ClFN3O5/c1-12(2)31-22-17(24)9-15(11-26-22)21-27-20(28-33-21)14-5-8-19(18(25)10-14)32-16-6-3-13(4-7-16)23(29)30/h5,8-13,16H,3-4,6-7H2,1-2H3,(H,29,30)/t13-,16+. The van der Waals surface area contributed by atoms with Gasteiger partial charge < -0.3 is 19.1 Å². The molecule has 3 aromatic rings. The number of hydrogen-bond donors (Lipinski definition) is 1. The summed E-state index contributed by atoms with van der Waals surface area (Å²) in [6, 6.07) is 6.04. The summed E-state index contributed by atoms with van der Waals surface area (Å²) in [5.74, 6) is -0.890. The molecule has 2 heterocycles. The summed E-state index contributed by atoms with van der Waals surface area (Å²) in [5, 5.41) is 13.3. The molecule has 1 aliphatic carbocycles. The molecule has 1 saturated carbocycles. The molecule has 33 heavy (non-hydrogen) atoms. The summed E-state index contributed by atoms with van der Waals surface area (Å²) in [7, 11) is 0. The molecular weight excluding hydrogens is 453 g/mol. The van der Waals surface area contributed by atoms with Gasteiger partial charge in [0.2, 0.25) is 11.7 Å². The van der Waals surface area contributed by atoms with Crippen molar-refractivity contribution in [3.63, 3.8) is 0 Å². The van der Waals surface area contributed by atoms with E-state index in [0.29, 0.717) is 47.7 Å². The highest BCUT2D eigenvalue weighted by molar-refractivity contribution is 6.32. The molecule has 1 fully saturated rings. The van der Waals surface area contributed by atoms with E-state index in [1.165, 1.54) is 18.3 Å². The van der Waals surface area contributed by atoms with Gasteiger partial charge in [0.05, 0.1) is 23.7 Å². The van der Waals surface area contributed by atoms with E-state index in [1.54, 1.807) is 12.1 Å². The fourth-order valence-electron chi connectivity index (χ4n) is 3.65. The first-order valence-electron chi connectivity index (χ1n) is 10.7. The minimum absolute atomic E-state index is 0.0718. The number of pyridine rings is 1. The van der Waals surface area contributed by atoms with Crippen LogP contribution in [0.3, 0.4) is 0 Å². The Hall–Kier alpha value is -3.20. The largest absolute Gasteiger partial charge is 0.487 e. The Bertz CT molecular complexity index is 1140. The average Bonchev–Trinajstić information content (AvgIpc) is 3.27. The minimum atomic E-state index is -0.790. The van der Waals surface area contributed by atoms with Gasteiger partial charge in [0.15, 0.2) is 11.6 Å². The quantitative estimate of drug-likeness (QED) is 0.484. The van der Waals surface area contributed by atoms with Gasteiger partial charge in [-0.05, 0) is 63.8 Å². The van der Waals surface area contributed by atoms with E-state index in [0.717, 1.165) is 0 Å². The van der Waals surface area contributed by atoms with Crippen LogP contribution in [-0.2, 0) is 4.79 Å². The minimum Gasteiger partial charge on any atom is -0.487 e. The summed E-state index contributed by atoms with van der Waals surface area (Å²) < 4.78 is 31.3. The number of nitrogens with zero attached hydrogens (tertiary/aromatic N) is 3. The molecule has 2 aromatic heterocycles. The van der Waals surface area contributed by atoms with Crippen molar-refractivity contribution in [2.75, 3.05) is 0 Å². The Morgan fingerprint density at radius 1 is 1.21 bits per heavy atom. The molecule has 4 rings (SSSR count). The first-order chi connectivity index (χ1) is 15.8. The van der Waals surface area contributed by atoms with Crippen LogP contribution in [0.15, 0.2) is 35.0 Å². The summed E-state index contributed by atoms with van der Waals surface area (Å²) in [4.78, 5) is 19.6. The molecule has 1 N–H and O–H groups in total. The number of aliphatic carboxylic acids is 1. The van der Waals surface area contributed by atoms with Crippen LogP contribution in [0, 0.1) is 11.7 Å². The van der Waals surface area contributed by atoms with Crippen molar-refractivity contribution in [2.24, 2.45) is 5.92 Å². The van der Waals surface area contributed by atoms with Gasteiger partial charge in [-0.15, -0.1) is 0 Å². The van der Waals surface area contributed by atoms with Crippen molar-refractivity contribution in [3.05, 3.63) is 41.3 Å². The molecule has 174 valence electrons. The van der Waals surface area contributed by atoms with Gasteiger partial charge >= 0.3 is 5.97 Å². The Morgan fingerprint density at radius 2 is 1.97 bits per heavy atom. The third-order valence-corrected chi connectivity index (χ3v) is 5.61. The maximum atomic E-state index is 14.7. The highest BCUT2D eigenvalue weighted by atomic mass is 35.5. The van der Waals surface area contributed by atoms with Crippen LogP contribution in [0.4, 0.5) is 4.39 Å². The van der Waals surface area contributed by atoms with Crippen LogP contribution in [0.1, 0.15) is 39.5 Å². The van der Waals surface area contributed by atoms with Gasteiger partial charge in [-0.3, -0.25) is 4.79 Å². The first kappa shape index (κ1) is 23.0. The van der Waals surface area contributed by atoms with E-state index in [-0.39, 0.29) is 35.6 Å². The van der Waals surface area contributed by atoms with Gasteiger partial charge in [-0.25, -0.2) is 9.37 Å². The van der Waals surface area contributed by atoms with Crippen molar-refractivity contribution >= 4 is 17.6 Å². The molecule has 0 amide bonds. The van der Waals surface area contributed by atoms with E-state index in [1.807, 2.05) is 13.8 Å². The van der Waals surface area contributed by atoms with Crippen LogP contribution in [0.2, 0.25) is 5.02 Å². The maximum Gasteiger partial charge on any atom is 0.306 e. The molecule has 0 aliphatic heterocycles. The molecule has 1 aromatic carbocycles. The zero-order valence-corrected chi connectivity index (χ0v) is 18.9. The van der Waals surface area contributed by atoms with Crippen molar-refractivity contribution in [1.82, 2.24) is 15.1 Å². The highest BCUT2D eigenvalue weighted by Gasteiger charge is 2.27. The maximum absolute atomic E-state index is 14.7. The van der Waals surface area contributed by atoms with Gasteiger partial charge in [-0.2, -0.15) is 4.98 Å². The van der Waals surface area contributed by atoms with Crippen molar-refractivity contribution in [3.8, 4) is 34.5 Å². The smallest absolute Gasteiger partial charge is 0.306 e. The van der Waals surface area contributed by atoms with Crippen molar-refractivity contribution in [1.29, 1.82) is 0 Å². The third-order valence-electron chi connectivity index (χ3n) is 5.33. The van der Waals surface area contributed by atoms with Crippen LogP contribution >= 0.6 is 11.6 Å². The van der Waals surface area contributed by atoms with Crippen molar-refractivity contribution in [2.45, 2.75) is 51.7 Å². The zero-order valence-electron chi connectivity index (χ0n) is 18.1. The number of carbonyl (C=O) groups is 1. The van der Waals surface area contributed by atoms with E-state index >= 15 is 0 Å². The number of aromatic nitrogens is 3. The lowest BCUT2D eigenvalue weighted by Gasteiger charge is -2.26. The molecule has 0 atom stereocenters. The normalized spacial score (nSPS) is 18.3. The molecule has 0 bridgehead atoms. The number of carboxylic acid groups (broad SMARTS) is 1. The first-order valence-corrected chi connectivity index (χ1v) is 11.0. The lowest BCUT2D eigenvalue weighted by atomic mass is 9.87. The van der Waals surface area contributed by atoms with E-state index in [9.17, 15) is 9.18 Å². The second-order valence-corrected chi connectivity index (χ2v) is 8.58. The second kappa shape index (κ2) is 9.74. The lowest BCUT2D eigenvalue weighted by molar-refractivity contribution is -0.143. The number of ether oxygens (including phenoxy) is 2. The second-order valence-electron chi connectivity index (χ2n) is 8.18. The zero-order chi connectivity index (χ0) is 23.5. The average molecular weight is 476 g/mol. The summed E-state index contributed by atoms with van der Waals surface area (Å²) >= 11 is 6.22. The highest BCUT2D eigenvalue weighted by Crippen LogP contribution is 2.32. The van der Waals surface area contributed by atoms with Crippen LogP contribution in [-0.4, -0.2) is 38.4 Å². The molecule has 8 nitrogen and oxygen atoms in total.